The van der Waals surface area contributed by atoms with E-state index < -0.39 is 0 Å². The molecular weight excluding hydrogens is 304 g/mol. The van der Waals surface area contributed by atoms with Crippen LogP contribution < -0.4 is 10.6 Å². The lowest BCUT2D eigenvalue weighted by Crippen LogP contribution is -2.39. The lowest BCUT2D eigenvalue weighted by Gasteiger charge is -2.20. The molecule has 1 saturated heterocycles. The van der Waals surface area contributed by atoms with Crippen LogP contribution in [0.2, 0.25) is 5.02 Å². The van der Waals surface area contributed by atoms with E-state index in [0.717, 1.165) is 12.0 Å². The average Bonchev–Trinajstić information content (AvgIpc) is 2.97. The Labute approximate surface area is 132 Å². The summed E-state index contributed by atoms with van der Waals surface area (Å²) >= 11 is 5.90. The third-order valence-corrected chi connectivity index (χ3v) is 3.67. The van der Waals surface area contributed by atoms with Crippen LogP contribution in [0.3, 0.4) is 0 Å². The second kappa shape index (κ2) is 6.72. The highest BCUT2D eigenvalue weighted by molar-refractivity contribution is 6.30. The van der Waals surface area contributed by atoms with Crippen molar-refractivity contribution in [3.05, 3.63) is 53.2 Å². The molecule has 0 spiro atoms. The maximum absolute atomic E-state index is 12.0. The Morgan fingerprint density at radius 3 is 2.82 bits per heavy atom. The first kappa shape index (κ1) is 14.7. The smallest absolute Gasteiger partial charge is 0.320 e. The summed E-state index contributed by atoms with van der Waals surface area (Å²) in [5.74, 6) is 0.405. The van der Waals surface area contributed by atoms with Gasteiger partial charge in [-0.3, -0.25) is 5.32 Å². The Bertz CT molecular complexity index is 636. The van der Waals surface area contributed by atoms with Gasteiger partial charge in [0.25, 0.3) is 0 Å². The summed E-state index contributed by atoms with van der Waals surface area (Å²) in [6.07, 6.45) is 2.12. The van der Waals surface area contributed by atoms with Crippen molar-refractivity contribution in [2.45, 2.75) is 18.6 Å². The predicted octanol–water partition coefficient (Wildman–Crippen LogP) is 2.78. The van der Waals surface area contributed by atoms with Gasteiger partial charge in [-0.15, -0.1) is 5.10 Å². The predicted molar refractivity (Wildman–Crippen MR) is 82.7 cm³/mol. The molecule has 22 heavy (non-hydrogen) atoms. The molecule has 1 aromatic heterocycles. The summed E-state index contributed by atoms with van der Waals surface area (Å²) in [5, 5.41) is 13.8. The van der Waals surface area contributed by atoms with Gasteiger partial charge in [-0.1, -0.05) is 23.7 Å². The van der Waals surface area contributed by atoms with Gasteiger partial charge in [0.15, 0.2) is 5.82 Å². The molecule has 1 fully saturated rings. The van der Waals surface area contributed by atoms with Crippen LogP contribution in [0, 0.1) is 0 Å². The molecule has 2 N–H and O–H groups in total. The van der Waals surface area contributed by atoms with Gasteiger partial charge in [-0.2, -0.15) is 5.10 Å². The number of amides is 2. The van der Waals surface area contributed by atoms with Crippen molar-refractivity contribution in [2.24, 2.45) is 0 Å². The van der Waals surface area contributed by atoms with E-state index in [2.05, 4.69) is 20.8 Å². The van der Waals surface area contributed by atoms with E-state index >= 15 is 0 Å². The lowest BCUT2D eigenvalue weighted by molar-refractivity contribution is 0.100. The molecule has 1 aromatic carbocycles. The molecule has 0 radical (unpaired) electrons. The quantitative estimate of drug-likeness (QED) is 0.912. The molecule has 114 valence electrons. The van der Waals surface area contributed by atoms with Gasteiger partial charge in [0.1, 0.15) is 6.10 Å². The van der Waals surface area contributed by atoms with Crippen LogP contribution >= 0.6 is 11.6 Å². The Kier molecular flexibility index (Phi) is 4.50. The second-order valence-electron chi connectivity index (χ2n) is 4.95. The fourth-order valence-electron chi connectivity index (χ4n) is 2.41. The van der Waals surface area contributed by atoms with E-state index in [0.29, 0.717) is 17.4 Å². The number of hydrogen-bond acceptors (Lipinski definition) is 4. The Hall–Kier alpha value is -2.18. The van der Waals surface area contributed by atoms with Crippen LogP contribution in [0.15, 0.2) is 42.6 Å². The molecule has 2 amide bonds. The third kappa shape index (κ3) is 3.52. The monoisotopic (exact) mass is 318 g/mol. The number of anilines is 1. The number of rotatable bonds is 3. The molecule has 6 nitrogen and oxygen atoms in total. The standard InChI is InChI=1S/C15H15ClN4O2/c16-11-5-3-10(4-6-11)14-12(7-9-22-14)18-15(21)19-13-2-1-8-17-20-13/h1-6,8,12,14H,7,9H2,(H2,18,19,20,21)/t12-,14+/m1/s1. The molecule has 2 aromatic rings. The highest BCUT2D eigenvalue weighted by atomic mass is 35.5. The second-order valence-corrected chi connectivity index (χ2v) is 5.38. The molecule has 0 saturated carbocycles. The van der Waals surface area contributed by atoms with Crippen LogP contribution in [0.1, 0.15) is 18.1 Å². The number of benzene rings is 1. The number of aromatic nitrogens is 2. The van der Waals surface area contributed by atoms with Crippen molar-refractivity contribution in [3.8, 4) is 0 Å². The normalized spacial score (nSPS) is 20.6. The summed E-state index contributed by atoms with van der Waals surface area (Å²) in [7, 11) is 0. The van der Waals surface area contributed by atoms with Crippen molar-refractivity contribution < 1.29 is 9.53 Å². The number of carbonyl (C=O) groups excluding carboxylic acids is 1. The zero-order chi connectivity index (χ0) is 15.4. The number of ether oxygens (including phenoxy) is 1. The van der Waals surface area contributed by atoms with E-state index in [4.69, 9.17) is 16.3 Å². The maximum Gasteiger partial charge on any atom is 0.320 e. The number of nitrogens with one attached hydrogen (secondary N) is 2. The Morgan fingerprint density at radius 1 is 1.27 bits per heavy atom. The lowest BCUT2D eigenvalue weighted by atomic mass is 10.0. The van der Waals surface area contributed by atoms with E-state index in [1.807, 2.05) is 24.3 Å². The zero-order valence-electron chi connectivity index (χ0n) is 11.7. The van der Waals surface area contributed by atoms with Crippen LogP contribution in [-0.4, -0.2) is 28.9 Å². The van der Waals surface area contributed by atoms with Crippen molar-refractivity contribution in [3.63, 3.8) is 0 Å². The highest BCUT2D eigenvalue weighted by Crippen LogP contribution is 2.29. The van der Waals surface area contributed by atoms with Crippen molar-refractivity contribution in [1.29, 1.82) is 0 Å². The molecule has 7 heteroatoms. The summed E-state index contributed by atoms with van der Waals surface area (Å²) < 4.78 is 5.73. The van der Waals surface area contributed by atoms with Gasteiger partial charge in [0.05, 0.1) is 6.04 Å². The molecule has 2 heterocycles. The first-order valence-electron chi connectivity index (χ1n) is 6.94. The number of urea groups is 1. The van der Waals surface area contributed by atoms with E-state index in [1.54, 1.807) is 18.3 Å². The third-order valence-electron chi connectivity index (χ3n) is 3.42. The molecule has 0 bridgehead atoms. The highest BCUT2D eigenvalue weighted by Gasteiger charge is 2.30. The number of carbonyl (C=O) groups is 1. The molecule has 1 aliphatic rings. The molecular formula is C15H15ClN4O2. The van der Waals surface area contributed by atoms with E-state index in [9.17, 15) is 4.79 Å². The van der Waals surface area contributed by atoms with Gasteiger partial charge >= 0.3 is 6.03 Å². The minimum atomic E-state index is -0.324. The summed E-state index contributed by atoms with van der Waals surface area (Å²) in [4.78, 5) is 12.0. The van der Waals surface area contributed by atoms with Crippen LogP contribution in [0.5, 0.6) is 0 Å². The van der Waals surface area contributed by atoms with Gasteiger partial charge in [-0.05, 0) is 36.2 Å². The average molecular weight is 319 g/mol. The van der Waals surface area contributed by atoms with E-state index in [1.165, 1.54) is 0 Å². The number of halogens is 1. The van der Waals surface area contributed by atoms with Gasteiger partial charge in [-0.25, -0.2) is 4.79 Å². The summed E-state index contributed by atoms with van der Waals surface area (Å²) in [6, 6.07) is 10.4. The largest absolute Gasteiger partial charge is 0.371 e. The molecule has 0 unspecified atom stereocenters. The zero-order valence-corrected chi connectivity index (χ0v) is 12.5. The van der Waals surface area contributed by atoms with Gasteiger partial charge in [0, 0.05) is 17.8 Å². The fourth-order valence-corrected chi connectivity index (χ4v) is 2.53. The maximum atomic E-state index is 12.0. The van der Waals surface area contributed by atoms with Crippen molar-refractivity contribution in [2.75, 3.05) is 11.9 Å². The minimum Gasteiger partial charge on any atom is -0.371 e. The molecule has 3 rings (SSSR count). The minimum absolute atomic E-state index is 0.0992. The van der Waals surface area contributed by atoms with Crippen molar-refractivity contribution in [1.82, 2.24) is 15.5 Å². The molecule has 2 atom stereocenters. The van der Waals surface area contributed by atoms with Gasteiger partial charge in [0.2, 0.25) is 0 Å². The first-order valence-corrected chi connectivity index (χ1v) is 7.32. The number of hydrogen-bond donors (Lipinski definition) is 2. The summed E-state index contributed by atoms with van der Waals surface area (Å²) in [6.45, 7) is 0.601. The Balaban J connectivity index is 1.63. The van der Waals surface area contributed by atoms with Crippen molar-refractivity contribution >= 4 is 23.4 Å². The Morgan fingerprint density at radius 2 is 2.09 bits per heavy atom. The SMILES string of the molecule is O=C(Nc1cccnn1)N[C@@H]1CCO[C@H]1c1ccc(Cl)cc1. The first-order chi connectivity index (χ1) is 10.7. The van der Waals surface area contributed by atoms with Gasteiger partial charge < -0.3 is 10.1 Å². The molecule has 0 aliphatic carbocycles. The fraction of sp³-hybridized carbons (Fsp3) is 0.267. The topological polar surface area (TPSA) is 76.1 Å². The van der Waals surface area contributed by atoms with Crippen LogP contribution in [0.25, 0.3) is 0 Å². The van der Waals surface area contributed by atoms with Crippen LogP contribution in [0.4, 0.5) is 10.6 Å². The van der Waals surface area contributed by atoms with Crippen LogP contribution in [-0.2, 0) is 4.74 Å². The molecule has 1 aliphatic heterocycles. The van der Waals surface area contributed by atoms with E-state index in [-0.39, 0.29) is 18.2 Å². The number of nitrogens with zero attached hydrogens (tertiary/aromatic N) is 2. The summed E-state index contributed by atoms with van der Waals surface area (Å²) in [5.41, 5.74) is 0.992.